The molecule has 0 aliphatic heterocycles. The van der Waals surface area contributed by atoms with Crippen LogP contribution in [0.5, 0.6) is 0 Å². The van der Waals surface area contributed by atoms with Crippen molar-refractivity contribution in [1.82, 2.24) is 4.98 Å². The molecule has 0 saturated carbocycles. The van der Waals surface area contributed by atoms with Crippen molar-refractivity contribution in [3.05, 3.63) is 23.9 Å². The zero-order valence-electron chi connectivity index (χ0n) is 11.2. The fourth-order valence-corrected chi connectivity index (χ4v) is 1.36. The minimum Gasteiger partial charge on any atom is -0.444 e. The summed E-state index contributed by atoms with van der Waals surface area (Å²) in [5, 5.41) is 2.58. The molecule has 0 spiro atoms. The van der Waals surface area contributed by atoms with E-state index in [9.17, 15) is 4.79 Å². The zero-order chi connectivity index (χ0) is 13.6. The topological polar surface area (TPSA) is 77.2 Å². The van der Waals surface area contributed by atoms with Gasteiger partial charge in [0, 0.05) is 6.20 Å². The molecule has 0 bridgehead atoms. The fourth-order valence-electron chi connectivity index (χ4n) is 1.36. The Hall–Kier alpha value is -1.62. The molecule has 100 valence electrons. The highest BCUT2D eigenvalue weighted by Crippen LogP contribution is 2.11. The van der Waals surface area contributed by atoms with E-state index in [-0.39, 0.29) is 0 Å². The predicted molar refractivity (Wildman–Crippen MR) is 71.5 cm³/mol. The monoisotopic (exact) mass is 251 g/mol. The SMILES string of the molecule is CC(C)(C)OC(=O)Nc1ccc(CCCN)cn1. The molecule has 3 N–H and O–H groups in total. The third kappa shape index (κ3) is 5.63. The van der Waals surface area contributed by atoms with Crippen molar-refractivity contribution in [2.75, 3.05) is 11.9 Å². The van der Waals surface area contributed by atoms with Gasteiger partial charge in [-0.3, -0.25) is 5.32 Å². The van der Waals surface area contributed by atoms with Gasteiger partial charge in [-0.25, -0.2) is 9.78 Å². The summed E-state index contributed by atoms with van der Waals surface area (Å²) in [6.07, 6.45) is 3.07. The summed E-state index contributed by atoms with van der Waals surface area (Å²) >= 11 is 0. The first-order valence-corrected chi connectivity index (χ1v) is 6.06. The van der Waals surface area contributed by atoms with Gasteiger partial charge in [0.15, 0.2) is 0 Å². The number of rotatable bonds is 4. The molecule has 0 saturated heterocycles. The maximum absolute atomic E-state index is 11.5. The molecule has 1 aromatic heterocycles. The van der Waals surface area contributed by atoms with Crippen LogP contribution in [0, 0.1) is 0 Å². The van der Waals surface area contributed by atoms with Gasteiger partial charge in [-0.15, -0.1) is 0 Å². The summed E-state index contributed by atoms with van der Waals surface area (Å²) in [6.45, 7) is 6.11. The molecule has 1 rings (SSSR count). The number of ether oxygens (including phenoxy) is 1. The molecule has 0 aliphatic carbocycles. The second-order valence-corrected chi connectivity index (χ2v) is 5.07. The number of amides is 1. The lowest BCUT2D eigenvalue weighted by Crippen LogP contribution is -2.27. The summed E-state index contributed by atoms with van der Waals surface area (Å²) in [5.41, 5.74) is 6.03. The minimum absolute atomic E-state index is 0.487. The van der Waals surface area contributed by atoms with Gasteiger partial charge in [0.1, 0.15) is 11.4 Å². The van der Waals surface area contributed by atoms with Crippen molar-refractivity contribution < 1.29 is 9.53 Å². The van der Waals surface area contributed by atoms with E-state index in [1.165, 1.54) is 0 Å². The van der Waals surface area contributed by atoms with Crippen LogP contribution in [0.1, 0.15) is 32.8 Å². The maximum atomic E-state index is 11.5. The number of hydrogen-bond donors (Lipinski definition) is 2. The Morgan fingerprint density at radius 1 is 1.44 bits per heavy atom. The van der Waals surface area contributed by atoms with Gasteiger partial charge in [0.2, 0.25) is 0 Å². The molecule has 0 radical (unpaired) electrons. The Kier molecular flexibility index (Phi) is 5.09. The molecule has 0 fully saturated rings. The molecular formula is C13H21N3O2. The summed E-state index contributed by atoms with van der Waals surface area (Å²) in [6, 6.07) is 3.69. The number of carbonyl (C=O) groups excluding carboxylic acids is 1. The van der Waals surface area contributed by atoms with Gasteiger partial charge in [0.25, 0.3) is 0 Å². The third-order valence-corrected chi connectivity index (χ3v) is 2.12. The van der Waals surface area contributed by atoms with E-state index >= 15 is 0 Å². The molecule has 0 aliphatic rings. The first-order chi connectivity index (χ1) is 8.40. The van der Waals surface area contributed by atoms with Crippen molar-refractivity contribution >= 4 is 11.9 Å². The Morgan fingerprint density at radius 2 is 2.17 bits per heavy atom. The van der Waals surface area contributed by atoms with Crippen LogP contribution in [0.15, 0.2) is 18.3 Å². The highest BCUT2D eigenvalue weighted by Gasteiger charge is 2.16. The fraction of sp³-hybridized carbons (Fsp3) is 0.538. The average Bonchev–Trinajstić information content (AvgIpc) is 2.25. The number of aryl methyl sites for hydroxylation is 1. The van der Waals surface area contributed by atoms with Crippen LogP contribution in [0.25, 0.3) is 0 Å². The van der Waals surface area contributed by atoms with Gasteiger partial charge in [-0.05, 0) is 51.8 Å². The van der Waals surface area contributed by atoms with Crippen molar-refractivity contribution in [3.8, 4) is 0 Å². The molecular weight excluding hydrogens is 230 g/mol. The lowest BCUT2D eigenvalue weighted by Gasteiger charge is -2.19. The summed E-state index contributed by atoms with van der Waals surface area (Å²) in [7, 11) is 0. The quantitative estimate of drug-likeness (QED) is 0.861. The van der Waals surface area contributed by atoms with Gasteiger partial charge >= 0.3 is 6.09 Å². The van der Waals surface area contributed by atoms with Gasteiger partial charge in [0.05, 0.1) is 0 Å². The average molecular weight is 251 g/mol. The molecule has 1 aromatic rings. The normalized spacial score (nSPS) is 11.1. The number of anilines is 1. The second-order valence-electron chi connectivity index (χ2n) is 5.07. The highest BCUT2D eigenvalue weighted by atomic mass is 16.6. The van der Waals surface area contributed by atoms with Crippen molar-refractivity contribution in [2.24, 2.45) is 5.73 Å². The van der Waals surface area contributed by atoms with Gasteiger partial charge < -0.3 is 10.5 Å². The molecule has 1 amide bonds. The van der Waals surface area contributed by atoms with E-state index in [0.717, 1.165) is 18.4 Å². The van der Waals surface area contributed by atoms with Crippen molar-refractivity contribution in [1.29, 1.82) is 0 Å². The summed E-state index contributed by atoms with van der Waals surface area (Å²) in [5.74, 6) is 0.487. The third-order valence-electron chi connectivity index (χ3n) is 2.12. The van der Waals surface area contributed by atoms with Gasteiger partial charge in [-0.1, -0.05) is 6.07 Å². The first-order valence-electron chi connectivity index (χ1n) is 6.06. The molecule has 1 heterocycles. The van der Waals surface area contributed by atoms with Crippen LogP contribution in [0.4, 0.5) is 10.6 Å². The molecule has 5 heteroatoms. The predicted octanol–water partition coefficient (Wildman–Crippen LogP) is 2.32. The Balaban J connectivity index is 2.50. The van der Waals surface area contributed by atoms with Crippen LogP contribution in [0.2, 0.25) is 0 Å². The van der Waals surface area contributed by atoms with E-state index in [1.54, 1.807) is 12.3 Å². The molecule has 5 nitrogen and oxygen atoms in total. The van der Waals surface area contributed by atoms with Crippen LogP contribution in [0.3, 0.4) is 0 Å². The van der Waals surface area contributed by atoms with Crippen LogP contribution < -0.4 is 11.1 Å². The van der Waals surface area contributed by atoms with Crippen LogP contribution >= 0.6 is 0 Å². The zero-order valence-corrected chi connectivity index (χ0v) is 11.2. The Bertz CT molecular complexity index is 382. The number of nitrogens with one attached hydrogen (secondary N) is 1. The number of pyridine rings is 1. The van der Waals surface area contributed by atoms with Crippen LogP contribution in [-0.4, -0.2) is 23.2 Å². The summed E-state index contributed by atoms with van der Waals surface area (Å²) in [4.78, 5) is 15.6. The molecule has 0 unspecified atom stereocenters. The van der Waals surface area contributed by atoms with Crippen molar-refractivity contribution in [3.63, 3.8) is 0 Å². The number of nitrogens with two attached hydrogens (primary N) is 1. The number of carbonyl (C=O) groups is 1. The molecule has 0 atom stereocenters. The number of hydrogen-bond acceptors (Lipinski definition) is 4. The maximum Gasteiger partial charge on any atom is 0.413 e. The first kappa shape index (κ1) is 14.4. The van der Waals surface area contributed by atoms with Crippen LogP contribution in [-0.2, 0) is 11.2 Å². The van der Waals surface area contributed by atoms with E-state index < -0.39 is 11.7 Å². The number of nitrogens with zero attached hydrogens (tertiary/aromatic N) is 1. The molecule has 18 heavy (non-hydrogen) atoms. The van der Waals surface area contributed by atoms with E-state index in [0.29, 0.717) is 12.4 Å². The Morgan fingerprint density at radius 3 is 2.67 bits per heavy atom. The Labute approximate surface area is 108 Å². The summed E-state index contributed by atoms with van der Waals surface area (Å²) < 4.78 is 5.13. The van der Waals surface area contributed by atoms with E-state index in [4.69, 9.17) is 10.5 Å². The smallest absolute Gasteiger partial charge is 0.413 e. The van der Waals surface area contributed by atoms with Gasteiger partial charge in [-0.2, -0.15) is 0 Å². The lowest BCUT2D eigenvalue weighted by atomic mass is 10.1. The largest absolute Gasteiger partial charge is 0.444 e. The molecule has 0 aromatic carbocycles. The lowest BCUT2D eigenvalue weighted by molar-refractivity contribution is 0.0635. The minimum atomic E-state index is -0.509. The second kappa shape index (κ2) is 6.35. The van der Waals surface area contributed by atoms with E-state index in [2.05, 4.69) is 10.3 Å². The van der Waals surface area contributed by atoms with E-state index in [1.807, 2.05) is 26.8 Å². The standard InChI is InChI=1S/C13H21N3O2/c1-13(2,3)18-12(17)16-11-7-6-10(9-15-11)5-4-8-14/h6-7,9H,4-5,8,14H2,1-3H3,(H,15,16,17). The highest BCUT2D eigenvalue weighted by molar-refractivity contribution is 5.83. The van der Waals surface area contributed by atoms with Crippen molar-refractivity contribution in [2.45, 2.75) is 39.2 Å². The number of aromatic nitrogens is 1.